The Labute approximate surface area is 182 Å². The van der Waals surface area contributed by atoms with Crippen LogP contribution in [0.3, 0.4) is 0 Å². The van der Waals surface area contributed by atoms with Crippen molar-refractivity contribution < 1.29 is 19.1 Å². The van der Waals surface area contributed by atoms with Crippen LogP contribution in [0.4, 0.5) is 5.69 Å². The van der Waals surface area contributed by atoms with Crippen molar-refractivity contribution in [1.82, 2.24) is 5.32 Å². The highest BCUT2D eigenvalue weighted by Gasteiger charge is 2.36. The smallest absolute Gasteiger partial charge is 0.268 e. The maximum absolute atomic E-state index is 13.3. The maximum Gasteiger partial charge on any atom is 0.268 e. The third kappa shape index (κ3) is 5.15. The van der Waals surface area contributed by atoms with E-state index in [1.54, 1.807) is 49.4 Å². The molecule has 1 heterocycles. The Morgan fingerprint density at radius 3 is 2.68 bits per heavy atom. The Morgan fingerprint density at radius 2 is 1.97 bits per heavy atom. The fourth-order valence-corrected chi connectivity index (χ4v) is 3.48. The van der Waals surface area contributed by atoms with Crippen LogP contribution in [0.5, 0.6) is 11.5 Å². The quantitative estimate of drug-likeness (QED) is 0.740. The Balaban J connectivity index is 1.80. The van der Waals surface area contributed by atoms with E-state index in [2.05, 4.69) is 11.4 Å². The van der Waals surface area contributed by atoms with Gasteiger partial charge in [-0.3, -0.25) is 9.59 Å². The predicted molar refractivity (Wildman–Crippen MR) is 117 cm³/mol. The van der Waals surface area contributed by atoms with Gasteiger partial charge in [-0.15, -0.1) is 0 Å². The van der Waals surface area contributed by atoms with E-state index in [9.17, 15) is 9.59 Å². The molecular formula is C24H27N3O4. The molecule has 0 aromatic heterocycles. The number of hydrogen-bond donors (Lipinski definition) is 1. The molecule has 0 spiro atoms. The zero-order valence-electron chi connectivity index (χ0n) is 18.0. The summed E-state index contributed by atoms with van der Waals surface area (Å²) >= 11 is 0. The fraction of sp³-hybridized carbons (Fsp3) is 0.375. The van der Waals surface area contributed by atoms with Crippen LogP contribution < -0.4 is 19.7 Å². The molecule has 2 aromatic carbocycles. The van der Waals surface area contributed by atoms with Crippen LogP contribution in [0.1, 0.15) is 39.2 Å². The summed E-state index contributed by atoms with van der Waals surface area (Å²) in [5.74, 6) is 0.379. The van der Waals surface area contributed by atoms with E-state index in [0.717, 1.165) is 12.8 Å². The average Bonchev–Trinajstić information content (AvgIpc) is 2.81. The van der Waals surface area contributed by atoms with Crippen molar-refractivity contribution in [3.8, 4) is 17.6 Å². The molecule has 7 nitrogen and oxygen atoms in total. The molecule has 1 aliphatic heterocycles. The molecular weight excluding hydrogens is 394 g/mol. The second-order valence-electron chi connectivity index (χ2n) is 7.44. The van der Waals surface area contributed by atoms with E-state index in [1.807, 2.05) is 19.9 Å². The molecule has 2 aromatic rings. The number of nitrogens with zero attached hydrogens (tertiary/aromatic N) is 2. The van der Waals surface area contributed by atoms with Crippen LogP contribution in [0, 0.1) is 11.3 Å². The number of carbonyl (C=O) groups excluding carboxylic acids is 2. The molecule has 31 heavy (non-hydrogen) atoms. The minimum atomic E-state index is -0.817. The zero-order valence-corrected chi connectivity index (χ0v) is 18.0. The lowest BCUT2D eigenvalue weighted by atomic mass is 10.1. The number of amides is 2. The summed E-state index contributed by atoms with van der Waals surface area (Å²) in [6.45, 7) is 5.77. The van der Waals surface area contributed by atoms with E-state index in [1.165, 1.54) is 4.90 Å². The van der Waals surface area contributed by atoms with Gasteiger partial charge in [0.25, 0.3) is 11.8 Å². The van der Waals surface area contributed by atoms with Crippen LogP contribution in [0.15, 0.2) is 48.5 Å². The molecule has 0 bridgehead atoms. The topological polar surface area (TPSA) is 91.7 Å². The van der Waals surface area contributed by atoms with Gasteiger partial charge in [0, 0.05) is 6.04 Å². The number of ether oxygens (including phenoxy) is 2. The number of nitrogens with one attached hydrogen (secondary N) is 1. The highest BCUT2D eigenvalue weighted by molar-refractivity contribution is 5.99. The van der Waals surface area contributed by atoms with E-state index in [4.69, 9.17) is 14.7 Å². The van der Waals surface area contributed by atoms with Gasteiger partial charge in [-0.05, 0) is 50.1 Å². The molecule has 3 rings (SSSR count). The third-order valence-electron chi connectivity index (χ3n) is 5.29. The van der Waals surface area contributed by atoms with Crippen molar-refractivity contribution >= 4 is 17.5 Å². The highest BCUT2D eigenvalue weighted by atomic mass is 16.5. The maximum atomic E-state index is 13.3. The van der Waals surface area contributed by atoms with Gasteiger partial charge in [-0.25, -0.2) is 0 Å². The Hall–Kier alpha value is -3.53. The van der Waals surface area contributed by atoms with Gasteiger partial charge in [0.15, 0.2) is 12.2 Å². The first-order valence-electron chi connectivity index (χ1n) is 10.5. The Morgan fingerprint density at radius 1 is 1.23 bits per heavy atom. The average molecular weight is 421 g/mol. The number of benzene rings is 2. The molecule has 1 N–H and O–H groups in total. The first-order valence-corrected chi connectivity index (χ1v) is 10.5. The number of para-hydroxylation sites is 2. The molecule has 2 atom stereocenters. The molecule has 0 fully saturated rings. The van der Waals surface area contributed by atoms with Crippen LogP contribution in [-0.2, 0) is 9.59 Å². The summed E-state index contributed by atoms with van der Waals surface area (Å²) in [4.78, 5) is 27.6. The number of nitriles is 1. The standard InChI is InChI=1S/C24H27N3O4/c1-4-18(5-2)26-23(28)22-15-27(20-11-6-7-12-21(20)31-22)24(29)16(3)30-19-10-8-9-17(13-19)14-25/h6-13,16,18,22H,4-5,15H2,1-3H3,(H,26,28). The number of carbonyl (C=O) groups is 2. The number of anilines is 1. The van der Waals surface area contributed by atoms with Gasteiger partial charge < -0.3 is 19.7 Å². The predicted octanol–water partition coefficient (Wildman–Crippen LogP) is 3.42. The minimum Gasteiger partial charge on any atom is -0.481 e. The molecule has 1 aliphatic rings. The van der Waals surface area contributed by atoms with E-state index < -0.39 is 12.2 Å². The SMILES string of the molecule is CCC(CC)NC(=O)C1CN(C(=O)C(C)Oc2cccc(C#N)c2)c2ccccc2O1. The van der Waals surface area contributed by atoms with Crippen LogP contribution >= 0.6 is 0 Å². The summed E-state index contributed by atoms with van der Waals surface area (Å²) in [6.07, 6.45) is 0.0122. The Kier molecular flexibility index (Phi) is 7.14. The summed E-state index contributed by atoms with van der Waals surface area (Å²) < 4.78 is 11.7. The molecule has 0 saturated carbocycles. The van der Waals surface area contributed by atoms with Crippen molar-refractivity contribution in [1.29, 1.82) is 5.26 Å². The second-order valence-corrected chi connectivity index (χ2v) is 7.44. The molecule has 162 valence electrons. The molecule has 2 unspecified atom stereocenters. The van der Waals surface area contributed by atoms with Gasteiger partial charge >= 0.3 is 0 Å². The summed E-state index contributed by atoms with van der Waals surface area (Å²) in [5, 5.41) is 12.1. The highest BCUT2D eigenvalue weighted by Crippen LogP contribution is 2.34. The first kappa shape index (κ1) is 22.2. The van der Waals surface area contributed by atoms with E-state index in [0.29, 0.717) is 22.7 Å². The van der Waals surface area contributed by atoms with Gasteiger partial charge in [0.05, 0.1) is 23.9 Å². The van der Waals surface area contributed by atoms with Crippen molar-refractivity contribution in [3.05, 3.63) is 54.1 Å². The van der Waals surface area contributed by atoms with E-state index >= 15 is 0 Å². The van der Waals surface area contributed by atoms with Crippen molar-refractivity contribution in [2.24, 2.45) is 0 Å². The third-order valence-corrected chi connectivity index (χ3v) is 5.29. The molecule has 7 heteroatoms. The Bertz CT molecular complexity index is 981. The van der Waals surface area contributed by atoms with E-state index in [-0.39, 0.29) is 24.4 Å². The van der Waals surface area contributed by atoms with Gasteiger partial charge in [-0.2, -0.15) is 5.26 Å². The second kappa shape index (κ2) is 9.98. The summed E-state index contributed by atoms with van der Waals surface area (Å²) in [7, 11) is 0. The normalized spacial score (nSPS) is 16.0. The number of hydrogen-bond acceptors (Lipinski definition) is 5. The van der Waals surface area contributed by atoms with Gasteiger partial charge in [-0.1, -0.05) is 32.0 Å². The first-order chi connectivity index (χ1) is 15.0. The van der Waals surface area contributed by atoms with Crippen molar-refractivity contribution in [2.75, 3.05) is 11.4 Å². The van der Waals surface area contributed by atoms with Crippen molar-refractivity contribution in [2.45, 2.75) is 51.9 Å². The van der Waals surface area contributed by atoms with Crippen LogP contribution in [0.25, 0.3) is 0 Å². The molecule has 0 saturated heterocycles. The largest absolute Gasteiger partial charge is 0.481 e. The number of fused-ring (bicyclic) bond motifs is 1. The molecule has 0 aliphatic carbocycles. The number of rotatable bonds is 7. The lowest BCUT2D eigenvalue weighted by molar-refractivity contribution is -0.130. The molecule has 2 amide bonds. The van der Waals surface area contributed by atoms with Crippen LogP contribution in [-0.4, -0.2) is 36.6 Å². The fourth-order valence-electron chi connectivity index (χ4n) is 3.48. The lowest BCUT2D eigenvalue weighted by Gasteiger charge is -2.35. The zero-order chi connectivity index (χ0) is 22.4. The van der Waals surface area contributed by atoms with Gasteiger partial charge in [0.2, 0.25) is 0 Å². The monoisotopic (exact) mass is 421 g/mol. The lowest BCUT2D eigenvalue weighted by Crippen LogP contribution is -2.54. The molecule has 0 radical (unpaired) electrons. The van der Waals surface area contributed by atoms with Crippen molar-refractivity contribution in [3.63, 3.8) is 0 Å². The summed E-state index contributed by atoms with van der Waals surface area (Å²) in [5.41, 5.74) is 1.05. The van der Waals surface area contributed by atoms with Gasteiger partial charge in [0.1, 0.15) is 11.5 Å². The minimum absolute atomic E-state index is 0.0621. The van der Waals surface area contributed by atoms with Crippen LogP contribution in [0.2, 0.25) is 0 Å². The summed E-state index contributed by atoms with van der Waals surface area (Å²) in [6, 6.07) is 15.9.